The van der Waals surface area contributed by atoms with E-state index in [4.69, 9.17) is 0 Å². The van der Waals surface area contributed by atoms with Crippen LogP contribution in [0.3, 0.4) is 0 Å². The summed E-state index contributed by atoms with van der Waals surface area (Å²) < 4.78 is 0. The van der Waals surface area contributed by atoms with Gasteiger partial charge in [-0.3, -0.25) is 0 Å². The first kappa shape index (κ1) is 12.5. The van der Waals surface area contributed by atoms with Gasteiger partial charge in [0.2, 0.25) is 0 Å². The molecule has 1 aromatic carbocycles. The maximum atomic E-state index is 12.0. The molecule has 0 aliphatic heterocycles. The normalized spacial score (nSPS) is 32.3. The van der Waals surface area contributed by atoms with E-state index in [0.29, 0.717) is 11.8 Å². The van der Waals surface area contributed by atoms with Crippen LogP contribution in [-0.2, 0) is 0 Å². The summed E-state index contributed by atoms with van der Waals surface area (Å²) in [5.74, 6) is 1.38. The lowest BCUT2D eigenvalue weighted by Crippen LogP contribution is -2.46. The first-order valence-electron chi connectivity index (χ1n) is 7.01. The standard InChI is InChI=1S/C15H20N2O2/c18-9-13-10-6-7-11(8-10)14(13)17-15(19)16-12-4-2-1-3-5-12/h1-5,10-11,13-14,18H,6-9H2,(H2,16,17,19)/t10-,11-,13+,14+/m0/s1. The number of para-hydroxylation sites is 1. The van der Waals surface area contributed by atoms with Crippen molar-refractivity contribution < 1.29 is 9.90 Å². The van der Waals surface area contributed by atoms with Gasteiger partial charge in [-0.15, -0.1) is 0 Å². The van der Waals surface area contributed by atoms with Crippen molar-refractivity contribution in [3.05, 3.63) is 30.3 Å². The highest BCUT2D eigenvalue weighted by molar-refractivity contribution is 5.89. The van der Waals surface area contributed by atoms with E-state index in [-0.39, 0.29) is 24.6 Å². The molecule has 4 heteroatoms. The van der Waals surface area contributed by atoms with Gasteiger partial charge in [-0.1, -0.05) is 18.2 Å². The maximum Gasteiger partial charge on any atom is 0.319 e. The number of urea groups is 1. The second kappa shape index (κ2) is 5.21. The van der Waals surface area contributed by atoms with E-state index in [1.807, 2.05) is 30.3 Å². The average molecular weight is 260 g/mol. The maximum absolute atomic E-state index is 12.0. The Bertz CT molecular complexity index is 449. The quantitative estimate of drug-likeness (QED) is 0.780. The molecule has 3 rings (SSSR count). The highest BCUT2D eigenvalue weighted by Crippen LogP contribution is 2.48. The second-order valence-corrected chi connectivity index (χ2v) is 5.67. The molecule has 19 heavy (non-hydrogen) atoms. The van der Waals surface area contributed by atoms with Crippen LogP contribution in [0.5, 0.6) is 0 Å². The third kappa shape index (κ3) is 2.45. The Balaban J connectivity index is 1.60. The van der Waals surface area contributed by atoms with Crippen molar-refractivity contribution in [3.63, 3.8) is 0 Å². The van der Waals surface area contributed by atoms with E-state index in [2.05, 4.69) is 10.6 Å². The van der Waals surface area contributed by atoms with Crippen LogP contribution < -0.4 is 10.6 Å². The van der Waals surface area contributed by atoms with Crippen LogP contribution in [0.25, 0.3) is 0 Å². The number of aliphatic hydroxyl groups excluding tert-OH is 1. The summed E-state index contributed by atoms with van der Waals surface area (Å²) in [5.41, 5.74) is 0.795. The zero-order valence-electron chi connectivity index (χ0n) is 10.9. The van der Waals surface area contributed by atoms with Crippen molar-refractivity contribution >= 4 is 11.7 Å². The summed E-state index contributed by atoms with van der Waals surface area (Å²) in [6.45, 7) is 0.178. The van der Waals surface area contributed by atoms with Crippen molar-refractivity contribution in [1.29, 1.82) is 0 Å². The summed E-state index contributed by atoms with van der Waals surface area (Å²) >= 11 is 0. The van der Waals surface area contributed by atoms with Crippen LogP contribution >= 0.6 is 0 Å². The molecule has 2 saturated carbocycles. The van der Waals surface area contributed by atoms with Crippen molar-refractivity contribution in [2.75, 3.05) is 11.9 Å². The Morgan fingerprint density at radius 2 is 1.95 bits per heavy atom. The molecule has 3 N–H and O–H groups in total. The zero-order valence-corrected chi connectivity index (χ0v) is 10.9. The Morgan fingerprint density at radius 3 is 2.68 bits per heavy atom. The Kier molecular flexibility index (Phi) is 3.42. The summed E-state index contributed by atoms with van der Waals surface area (Å²) in [4.78, 5) is 12.0. The van der Waals surface area contributed by atoms with Gasteiger partial charge in [-0.2, -0.15) is 0 Å². The molecule has 2 aliphatic carbocycles. The lowest BCUT2D eigenvalue weighted by molar-refractivity contribution is 0.146. The topological polar surface area (TPSA) is 61.4 Å². The number of hydrogen-bond donors (Lipinski definition) is 3. The van der Waals surface area contributed by atoms with Crippen LogP contribution in [0.15, 0.2) is 30.3 Å². The third-order valence-electron chi connectivity index (χ3n) is 4.63. The molecular formula is C15H20N2O2. The minimum absolute atomic E-state index is 0.132. The van der Waals surface area contributed by atoms with Gasteiger partial charge in [0.1, 0.15) is 0 Å². The van der Waals surface area contributed by atoms with Gasteiger partial charge in [0.05, 0.1) is 0 Å². The predicted molar refractivity (Wildman–Crippen MR) is 73.8 cm³/mol. The second-order valence-electron chi connectivity index (χ2n) is 5.67. The van der Waals surface area contributed by atoms with Crippen LogP contribution in [0.4, 0.5) is 10.5 Å². The van der Waals surface area contributed by atoms with Crippen molar-refractivity contribution in [2.45, 2.75) is 25.3 Å². The summed E-state index contributed by atoms with van der Waals surface area (Å²) in [5, 5.41) is 15.4. The number of nitrogens with one attached hydrogen (secondary N) is 2. The Labute approximate surface area is 113 Å². The largest absolute Gasteiger partial charge is 0.396 e. The molecule has 4 atom stereocenters. The van der Waals surface area contributed by atoms with Gasteiger partial charge in [0, 0.05) is 24.3 Å². The predicted octanol–water partition coefficient (Wildman–Crippen LogP) is 2.22. The van der Waals surface area contributed by atoms with Crippen LogP contribution in [-0.4, -0.2) is 23.8 Å². The molecule has 2 aliphatic rings. The first-order valence-corrected chi connectivity index (χ1v) is 7.01. The van der Waals surface area contributed by atoms with Gasteiger partial charge in [0.25, 0.3) is 0 Å². The minimum atomic E-state index is -0.165. The minimum Gasteiger partial charge on any atom is -0.396 e. The SMILES string of the molecule is O=C(Nc1ccccc1)N[C@@H]1[C@H]2CC[C@@H](C2)[C@H]1CO. The molecule has 2 amide bonds. The fourth-order valence-electron chi connectivity index (χ4n) is 3.74. The average Bonchev–Trinajstić information content (AvgIpc) is 3.00. The van der Waals surface area contributed by atoms with E-state index < -0.39 is 0 Å². The van der Waals surface area contributed by atoms with Crippen LogP contribution in [0.1, 0.15) is 19.3 Å². The summed E-state index contributed by atoms with van der Waals surface area (Å²) in [7, 11) is 0. The molecule has 102 valence electrons. The molecule has 4 nitrogen and oxygen atoms in total. The highest BCUT2D eigenvalue weighted by atomic mass is 16.3. The summed E-state index contributed by atoms with van der Waals surface area (Å²) in [6, 6.07) is 9.40. The van der Waals surface area contributed by atoms with E-state index in [0.717, 1.165) is 12.1 Å². The Hall–Kier alpha value is -1.55. The van der Waals surface area contributed by atoms with Gasteiger partial charge in [0.15, 0.2) is 0 Å². The number of hydrogen-bond acceptors (Lipinski definition) is 2. The smallest absolute Gasteiger partial charge is 0.319 e. The lowest BCUT2D eigenvalue weighted by Gasteiger charge is -2.30. The zero-order chi connectivity index (χ0) is 13.2. The molecule has 0 radical (unpaired) electrons. The molecule has 1 aromatic rings. The molecule has 2 fully saturated rings. The van der Waals surface area contributed by atoms with E-state index in [1.54, 1.807) is 0 Å². The van der Waals surface area contributed by atoms with E-state index in [1.165, 1.54) is 12.8 Å². The molecule has 0 saturated heterocycles. The molecule has 0 heterocycles. The fourth-order valence-corrected chi connectivity index (χ4v) is 3.74. The van der Waals surface area contributed by atoms with Gasteiger partial charge >= 0.3 is 6.03 Å². The summed E-state index contributed by atoms with van der Waals surface area (Å²) in [6.07, 6.45) is 3.54. The third-order valence-corrected chi connectivity index (χ3v) is 4.63. The molecule has 0 unspecified atom stereocenters. The molecule has 2 bridgehead atoms. The van der Waals surface area contributed by atoms with Crippen molar-refractivity contribution in [3.8, 4) is 0 Å². The number of fused-ring (bicyclic) bond motifs is 2. The molecular weight excluding hydrogens is 240 g/mol. The number of rotatable bonds is 3. The van der Waals surface area contributed by atoms with Gasteiger partial charge in [-0.25, -0.2) is 4.79 Å². The highest BCUT2D eigenvalue weighted by Gasteiger charge is 2.47. The Morgan fingerprint density at radius 1 is 1.21 bits per heavy atom. The van der Waals surface area contributed by atoms with Crippen molar-refractivity contribution in [2.24, 2.45) is 17.8 Å². The molecule has 0 spiro atoms. The molecule has 0 aromatic heterocycles. The number of carbonyl (C=O) groups is 1. The number of benzene rings is 1. The number of aliphatic hydroxyl groups is 1. The number of amides is 2. The fraction of sp³-hybridized carbons (Fsp3) is 0.533. The van der Waals surface area contributed by atoms with Crippen molar-refractivity contribution in [1.82, 2.24) is 5.32 Å². The van der Waals surface area contributed by atoms with Crippen LogP contribution in [0.2, 0.25) is 0 Å². The first-order chi connectivity index (χ1) is 9.28. The van der Waals surface area contributed by atoms with E-state index in [9.17, 15) is 9.90 Å². The van der Waals surface area contributed by atoms with Gasteiger partial charge < -0.3 is 15.7 Å². The number of anilines is 1. The monoisotopic (exact) mass is 260 g/mol. The van der Waals surface area contributed by atoms with E-state index >= 15 is 0 Å². The number of carbonyl (C=O) groups excluding carboxylic acids is 1. The van der Waals surface area contributed by atoms with Crippen LogP contribution in [0, 0.1) is 17.8 Å². The lowest BCUT2D eigenvalue weighted by atomic mass is 9.85. The van der Waals surface area contributed by atoms with Gasteiger partial charge in [-0.05, 0) is 43.2 Å².